The maximum atomic E-state index is 11.5. The van der Waals surface area contributed by atoms with E-state index in [2.05, 4.69) is 13.8 Å². The molecule has 1 aromatic carbocycles. The van der Waals surface area contributed by atoms with E-state index >= 15 is 0 Å². The Hall–Kier alpha value is -1.37. The standard InChI is InChI=1S/C15H20O/c1-3-13(2)9-11-15(16)12-10-14-7-5-4-6-8-14/h4-8,10,12-13H,3,9,11H2,1-2H3/b12-10+/t13-/m1/s1. The molecule has 0 heterocycles. The molecule has 0 aliphatic carbocycles. The first-order chi connectivity index (χ1) is 7.72. The molecule has 0 bridgehead atoms. The maximum absolute atomic E-state index is 11.5. The lowest BCUT2D eigenvalue weighted by Gasteiger charge is -2.04. The van der Waals surface area contributed by atoms with Crippen LogP contribution in [-0.2, 0) is 4.79 Å². The van der Waals surface area contributed by atoms with Crippen LogP contribution in [0, 0.1) is 5.92 Å². The van der Waals surface area contributed by atoms with Crippen molar-refractivity contribution < 1.29 is 4.79 Å². The highest BCUT2D eigenvalue weighted by Crippen LogP contribution is 2.10. The van der Waals surface area contributed by atoms with Crippen LogP contribution in [0.15, 0.2) is 36.4 Å². The highest BCUT2D eigenvalue weighted by Gasteiger charge is 2.02. The lowest BCUT2D eigenvalue weighted by atomic mass is 10.0. The van der Waals surface area contributed by atoms with E-state index in [-0.39, 0.29) is 5.78 Å². The van der Waals surface area contributed by atoms with E-state index in [0.29, 0.717) is 12.3 Å². The number of hydrogen-bond acceptors (Lipinski definition) is 1. The summed E-state index contributed by atoms with van der Waals surface area (Å²) in [6.45, 7) is 4.35. The van der Waals surface area contributed by atoms with E-state index in [1.807, 2.05) is 36.4 Å². The van der Waals surface area contributed by atoms with Gasteiger partial charge < -0.3 is 0 Å². The van der Waals surface area contributed by atoms with Gasteiger partial charge >= 0.3 is 0 Å². The smallest absolute Gasteiger partial charge is 0.155 e. The highest BCUT2D eigenvalue weighted by atomic mass is 16.1. The van der Waals surface area contributed by atoms with Gasteiger partial charge in [-0.25, -0.2) is 0 Å². The first-order valence-corrected chi connectivity index (χ1v) is 5.98. The molecule has 0 N–H and O–H groups in total. The zero-order chi connectivity index (χ0) is 11.8. The van der Waals surface area contributed by atoms with Gasteiger partial charge in [-0.2, -0.15) is 0 Å². The number of carbonyl (C=O) groups is 1. The molecule has 0 amide bonds. The number of benzene rings is 1. The monoisotopic (exact) mass is 216 g/mol. The van der Waals surface area contributed by atoms with Gasteiger partial charge in [0.25, 0.3) is 0 Å². The molecule has 0 aromatic heterocycles. The molecule has 1 atom stereocenters. The van der Waals surface area contributed by atoms with Gasteiger partial charge in [-0.05, 0) is 24.0 Å². The fourth-order valence-corrected chi connectivity index (χ4v) is 1.43. The molecule has 0 saturated heterocycles. The van der Waals surface area contributed by atoms with Crippen molar-refractivity contribution >= 4 is 11.9 Å². The molecule has 0 unspecified atom stereocenters. The Balaban J connectivity index is 2.37. The second kappa shape index (κ2) is 7.00. The Kier molecular flexibility index (Phi) is 5.55. The van der Waals surface area contributed by atoms with Crippen molar-refractivity contribution in [1.82, 2.24) is 0 Å². The molecule has 1 nitrogen and oxygen atoms in total. The van der Waals surface area contributed by atoms with E-state index in [4.69, 9.17) is 0 Å². The van der Waals surface area contributed by atoms with Crippen molar-refractivity contribution in [3.8, 4) is 0 Å². The van der Waals surface area contributed by atoms with E-state index in [9.17, 15) is 4.79 Å². The SMILES string of the molecule is CC[C@@H](C)CCC(=O)/C=C/c1ccccc1. The molecule has 0 saturated carbocycles. The predicted molar refractivity (Wildman–Crippen MR) is 69.2 cm³/mol. The summed E-state index contributed by atoms with van der Waals surface area (Å²) >= 11 is 0. The number of allylic oxidation sites excluding steroid dienone is 1. The molecule has 0 radical (unpaired) electrons. The molecule has 1 rings (SSSR count). The zero-order valence-electron chi connectivity index (χ0n) is 10.1. The highest BCUT2D eigenvalue weighted by molar-refractivity contribution is 5.93. The molecular formula is C15H20O. The minimum Gasteiger partial charge on any atom is -0.295 e. The Morgan fingerprint density at radius 1 is 1.31 bits per heavy atom. The van der Waals surface area contributed by atoms with Crippen LogP contribution in [0.2, 0.25) is 0 Å². The third-order valence-corrected chi connectivity index (χ3v) is 2.84. The number of ketones is 1. The van der Waals surface area contributed by atoms with Crippen LogP contribution in [0.5, 0.6) is 0 Å². The van der Waals surface area contributed by atoms with Crippen LogP contribution >= 0.6 is 0 Å². The van der Waals surface area contributed by atoms with Gasteiger partial charge in [-0.1, -0.05) is 56.7 Å². The van der Waals surface area contributed by atoms with Crippen LogP contribution in [0.25, 0.3) is 6.08 Å². The van der Waals surface area contributed by atoms with Crippen LogP contribution in [0.4, 0.5) is 0 Å². The molecule has 86 valence electrons. The molecule has 1 aromatic rings. The largest absolute Gasteiger partial charge is 0.295 e. The zero-order valence-corrected chi connectivity index (χ0v) is 10.1. The van der Waals surface area contributed by atoms with Crippen molar-refractivity contribution in [1.29, 1.82) is 0 Å². The minimum absolute atomic E-state index is 0.226. The summed E-state index contributed by atoms with van der Waals surface area (Å²) in [5.74, 6) is 0.873. The summed E-state index contributed by atoms with van der Waals surface area (Å²) < 4.78 is 0. The second-order valence-corrected chi connectivity index (χ2v) is 4.26. The number of hydrogen-bond donors (Lipinski definition) is 0. The average molecular weight is 216 g/mol. The van der Waals surface area contributed by atoms with Gasteiger partial charge in [0, 0.05) is 6.42 Å². The number of rotatable bonds is 6. The third kappa shape index (κ3) is 4.92. The van der Waals surface area contributed by atoms with Crippen molar-refractivity contribution in [2.75, 3.05) is 0 Å². The summed E-state index contributed by atoms with van der Waals surface area (Å²) in [5, 5.41) is 0. The maximum Gasteiger partial charge on any atom is 0.155 e. The number of carbonyl (C=O) groups excluding carboxylic acids is 1. The molecule has 16 heavy (non-hydrogen) atoms. The Morgan fingerprint density at radius 3 is 2.62 bits per heavy atom. The first kappa shape index (κ1) is 12.7. The summed E-state index contributed by atoms with van der Waals surface area (Å²) in [4.78, 5) is 11.5. The molecular weight excluding hydrogens is 196 g/mol. The lowest BCUT2D eigenvalue weighted by Crippen LogP contribution is -1.98. The summed E-state index contributed by atoms with van der Waals surface area (Å²) in [7, 11) is 0. The van der Waals surface area contributed by atoms with Crippen LogP contribution in [0.3, 0.4) is 0 Å². The second-order valence-electron chi connectivity index (χ2n) is 4.26. The van der Waals surface area contributed by atoms with Gasteiger partial charge in [-0.15, -0.1) is 0 Å². The Morgan fingerprint density at radius 2 is 2.00 bits per heavy atom. The fraction of sp³-hybridized carbons (Fsp3) is 0.400. The van der Waals surface area contributed by atoms with Crippen molar-refractivity contribution in [3.05, 3.63) is 42.0 Å². The van der Waals surface area contributed by atoms with Crippen molar-refractivity contribution in [3.63, 3.8) is 0 Å². The average Bonchev–Trinajstić information content (AvgIpc) is 2.34. The van der Waals surface area contributed by atoms with E-state index in [1.54, 1.807) is 6.08 Å². The van der Waals surface area contributed by atoms with Gasteiger partial charge in [0.05, 0.1) is 0 Å². The van der Waals surface area contributed by atoms with E-state index < -0.39 is 0 Å². The Bertz CT molecular complexity index is 338. The van der Waals surface area contributed by atoms with Crippen LogP contribution < -0.4 is 0 Å². The fourth-order valence-electron chi connectivity index (χ4n) is 1.43. The lowest BCUT2D eigenvalue weighted by molar-refractivity contribution is -0.114. The molecule has 1 heteroatoms. The van der Waals surface area contributed by atoms with E-state index in [1.165, 1.54) is 0 Å². The summed E-state index contributed by atoms with van der Waals surface area (Å²) in [6, 6.07) is 9.92. The van der Waals surface area contributed by atoms with Gasteiger partial charge in [0.2, 0.25) is 0 Å². The minimum atomic E-state index is 0.226. The Labute approximate surface area is 98.2 Å². The van der Waals surface area contributed by atoms with Crippen LogP contribution in [0.1, 0.15) is 38.7 Å². The van der Waals surface area contributed by atoms with Gasteiger partial charge in [0.15, 0.2) is 5.78 Å². The third-order valence-electron chi connectivity index (χ3n) is 2.84. The van der Waals surface area contributed by atoms with Gasteiger partial charge in [-0.3, -0.25) is 4.79 Å². The molecule has 0 aliphatic heterocycles. The summed E-state index contributed by atoms with van der Waals surface area (Å²) in [5.41, 5.74) is 1.08. The van der Waals surface area contributed by atoms with Crippen molar-refractivity contribution in [2.24, 2.45) is 5.92 Å². The molecule has 0 fully saturated rings. The van der Waals surface area contributed by atoms with E-state index in [0.717, 1.165) is 18.4 Å². The predicted octanol–water partition coefficient (Wildman–Crippen LogP) is 4.10. The topological polar surface area (TPSA) is 17.1 Å². The first-order valence-electron chi connectivity index (χ1n) is 5.98. The van der Waals surface area contributed by atoms with Gasteiger partial charge in [0.1, 0.15) is 0 Å². The van der Waals surface area contributed by atoms with Crippen LogP contribution in [-0.4, -0.2) is 5.78 Å². The van der Waals surface area contributed by atoms with Crippen molar-refractivity contribution in [2.45, 2.75) is 33.1 Å². The normalized spacial score (nSPS) is 12.9. The molecule has 0 spiro atoms. The quantitative estimate of drug-likeness (QED) is 0.654. The molecule has 0 aliphatic rings. The summed E-state index contributed by atoms with van der Waals surface area (Å²) in [6.07, 6.45) is 6.39.